The summed E-state index contributed by atoms with van der Waals surface area (Å²) >= 11 is 0. The number of aromatic nitrogens is 3. The Balaban J connectivity index is 0.00000182. The van der Waals surface area contributed by atoms with Gasteiger partial charge in [0.2, 0.25) is 0 Å². The highest BCUT2D eigenvalue weighted by Gasteiger charge is 2.06. The molecule has 0 aliphatic carbocycles. The van der Waals surface area contributed by atoms with Gasteiger partial charge < -0.3 is 5.84 Å². The highest BCUT2D eigenvalue weighted by atomic mass is 35.5. The summed E-state index contributed by atoms with van der Waals surface area (Å²) in [5.41, 5.74) is 3.90. The highest BCUT2D eigenvalue weighted by Crippen LogP contribution is 2.27. The lowest BCUT2D eigenvalue weighted by Gasteiger charge is -2.08. The minimum absolute atomic E-state index is 0. The third kappa shape index (κ3) is 2.99. The summed E-state index contributed by atoms with van der Waals surface area (Å²) in [7, 11) is 0. The Morgan fingerprint density at radius 2 is 1.60 bits per heavy atom. The second-order valence-corrected chi connectivity index (χ2v) is 5.54. The molecule has 1 heterocycles. The molecule has 1 aromatic heterocycles. The van der Waals surface area contributed by atoms with Crippen LogP contribution in [0.1, 0.15) is 11.4 Å². The Morgan fingerprint density at radius 3 is 2.16 bits per heavy atom. The molecule has 4 aromatic rings. The topological polar surface area (TPSA) is 81.1 Å². The normalized spacial score (nSPS) is 11.1. The summed E-state index contributed by atoms with van der Waals surface area (Å²) in [5.74, 6) is 6.83. The van der Waals surface area contributed by atoms with Crippen LogP contribution in [0.3, 0.4) is 0 Å². The van der Waals surface area contributed by atoms with Gasteiger partial charge in [-0.25, -0.2) is 10.1 Å². The van der Waals surface area contributed by atoms with Gasteiger partial charge in [-0.05, 0) is 34.5 Å². The molecule has 126 valence electrons. The van der Waals surface area contributed by atoms with E-state index in [1.54, 1.807) is 13.1 Å². The summed E-state index contributed by atoms with van der Waals surface area (Å²) in [6.07, 6.45) is 1.80. The van der Waals surface area contributed by atoms with E-state index in [1.165, 1.54) is 15.4 Å². The maximum atomic E-state index is 5.82. The molecule has 7 heteroatoms. The van der Waals surface area contributed by atoms with Crippen molar-refractivity contribution in [2.24, 2.45) is 5.10 Å². The molecule has 0 aliphatic rings. The van der Waals surface area contributed by atoms with Crippen molar-refractivity contribution in [1.29, 1.82) is 0 Å². The number of anilines is 1. The van der Waals surface area contributed by atoms with Gasteiger partial charge in [-0.15, -0.1) is 22.6 Å². The molecular formula is C18H17ClN6. The lowest BCUT2D eigenvalue weighted by molar-refractivity contribution is 0.926. The van der Waals surface area contributed by atoms with E-state index < -0.39 is 0 Å². The molecule has 0 atom stereocenters. The van der Waals surface area contributed by atoms with Crippen molar-refractivity contribution in [3.8, 4) is 0 Å². The number of halogens is 1. The average molecular weight is 353 g/mol. The molecule has 0 fully saturated rings. The number of nitrogens with zero attached hydrogens (tertiary/aromatic N) is 4. The van der Waals surface area contributed by atoms with E-state index in [-0.39, 0.29) is 12.4 Å². The van der Waals surface area contributed by atoms with Crippen LogP contribution in [0.25, 0.3) is 21.5 Å². The number of nitrogens with one attached hydrogen (secondary N) is 1. The molecule has 0 bridgehead atoms. The number of hydrogen-bond donors (Lipinski definition) is 2. The molecule has 0 amide bonds. The van der Waals surface area contributed by atoms with Crippen molar-refractivity contribution in [2.45, 2.75) is 6.92 Å². The summed E-state index contributed by atoms with van der Waals surface area (Å²) < 4.78 is 1.36. The number of fused-ring (bicyclic) bond motifs is 2. The van der Waals surface area contributed by atoms with Crippen LogP contribution >= 0.6 is 12.4 Å². The Kier molecular flexibility index (Phi) is 4.54. The van der Waals surface area contributed by atoms with Crippen LogP contribution in [-0.2, 0) is 0 Å². The van der Waals surface area contributed by atoms with Gasteiger partial charge in [0.15, 0.2) is 5.82 Å². The van der Waals surface area contributed by atoms with Gasteiger partial charge in [-0.3, -0.25) is 0 Å². The standard InChI is InChI=1S/C18H16N6.ClH/c1-12-21-23-18(24(12)19)22-20-11-17-15-8-4-2-6-13(15)10-14-7-3-5-9-16(14)17;/h2-11H,19H2,1H3,(H,22,23);1H. The highest BCUT2D eigenvalue weighted by molar-refractivity contribution is 6.13. The van der Waals surface area contributed by atoms with Crippen LogP contribution < -0.4 is 11.3 Å². The molecule has 0 saturated heterocycles. The summed E-state index contributed by atoms with van der Waals surface area (Å²) in [6, 6.07) is 18.7. The van der Waals surface area contributed by atoms with Gasteiger partial charge in [-0.2, -0.15) is 5.10 Å². The first kappa shape index (κ1) is 16.7. The van der Waals surface area contributed by atoms with E-state index in [1.807, 2.05) is 24.3 Å². The molecule has 3 aromatic carbocycles. The molecule has 4 rings (SSSR count). The maximum absolute atomic E-state index is 5.82. The van der Waals surface area contributed by atoms with E-state index in [0.29, 0.717) is 11.8 Å². The van der Waals surface area contributed by atoms with E-state index >= 15 is 0 Å². The zero-order chi connectivity index (χ0) is 16.5. The van der Waals surface area contributed by atoms with Crippen molar-refractivity contribution < 1.29 is 0 Å². The molecule has 3 N–H and O–H groups in total. The number of aryl methyl sites for hydroxylation is 1. The third-order valence-corrected chi connectivity index (χ3v) is 4.04. The molecule has 25 heavy (non-hydrogen) atoms. The fourth-order valence-corrected chi connectivity index (χ4v) is 2.79. The first-order valence-electron chi connectivity index (χ1n) is 7.61. The van der Waals surface area contributed by atoms with Crippen LogP contribution in [0.2, 0.25) is 0 Å². The predicted molar refractivity (Wildman–Crippen MR) is 105 cm³/mol. The van der Waals surface area contributed by atoms with Crippen LogP contribution in [0.4, 0.5) is 5.95 Å². The zero-order valence-electron chi connectivity index (χ0n) is 13.5. The Hall–Kier alpha value is -3.12. The molecule has 0 radical (unpaired) electrons. The lowest BCUT2D eigenvalue weighted by Crippen LogP contribution is -2.13. The number of nitrogens with two attached hydrogens (primary N) is 1. The van der Waals surface area contributed by atoms with Crippen LogP contribution in [-0.4, -0.2) is 21.1 Å². The first-order chi connectivity index (χ1) is 11.7. The zero-order valence-corrected chi connectivity index (χ0v) is 14.4. The predicted octanol–water partition coefficient (Wildman–Crippen LogP) is 3.47. The fourth-order valence-electron chi connectivity index (χ4n) is 2.79. The number of benzene rings is 3. The summed E-state index contributed by atoms with van der Waals surface area (Å²) in [6.45, 7) is 1.78. The van der Waals surface area contributed by atoms with Gasteiger partial charge in [0, 0.05) is 5.56 Å². The molecule has 0 spiro atoms. The number of rotatable bonds is 3. The lowest BCUT2D eigenvalue weighted by atomic mass is 9.97. The molecule has 0 saturated carbocycles. The maximum Gasteiger partial charge on any atom is 0.263 e. The second-order valence-electron chi connectivity index (χ2n) is 5.54. The fraction of sp³-hybridized carbons (Fsp3) is 0.0556. The van der Waals surface area contributed by atoms with Crippen molar-refractivity contribution >= 4 is 46.1 Å². The van der Waals surface area contributed by atoms with E-state index in [4.69, 9.17) is 5.84 Å². The number of hydrogen-bond acceptors (Lipinski definition) is 5. The number of hydrazone groups is 1. The van der Waals surface area contributed by atoms with E-state index in [9.17, 15) is 0 Å². The molecule has 6 nitrogen and oxygen atoms in total. The largest absolute Gasteiger partial charge is 0.335 e. The van der Waals surface area contributed by atoms with Gasteiger partial charge in [0.25, 0.3) is 5.95 Å². The van der Waals surface area contributed by atoms with Crippen LogP contribution in [0.15, 0.2) is 59.7 Å². The Morgan fingerprint density at radius 1 is 1.00 bits per heavy atom. The molecule has 0 aliphatic heterocycles. The van der Waals surface area contributed by atoms with E-state index in [2.05, 4.69) is 51.1 Å². The second kappa shape index (κ2) is 6.78. The molecular weight excluding hydrogens is 336 g/mol. The summed E-state index contributed by atoms with van der Waals surface area (Å²) in [5, 5.41) is 16.8. The average Bonchev–Trinajstić information content (AvgIpc) is 2.93. The van der Waals surface area contributed by atoms with Gasteiger partial charge in [0.1, 0.15) is 0 Å². The van der Waals surface area contributed by atoms with Crippen molar-refractivity contribution in [3.63, 3.8) is 0 Å². The van der Waals surface area contributed by atoms with E-state index in [0.717, 1.165) is 16.3 Å². The Bertz CT molecular complexity index is 1020. The quantitative estimate of drug-likeness (QED) is 0.256. The van der Waals surface area contributed by atoms with Crippen LogP contribution in [0.5, 0.6) is 0 Å². The number of nitrogen functional groups attached to an aromatic ring is 1. The third-order valence-electron chi connectivity index (χ3n) is 4.04. The summed E-state index contributed by atoms with van der Waals surface area (Å²) in [4.78, 5) is 0. The van der Waals surface area contributed by atoms with Gasteiger partial charge in [-0.1, -0.05) is 48.5 Å². The molecule has 0 unspecified atom stereocenters. The smallest absolute Gasteiger partial charge is 0.263 e. The van der Waals surface area contributed by atoms with Crippen molar-refractivity contribution in [3.05, 3.63) is 66.0 Å². The van der Waals surface area contributed by atoms with Gasteiger partial charge in [0.05, 0.1) is 6.21 Å². The minimum atomic E-state index is 0. The van der Waals surface area contributed by atoms with Crippen LogP contribution in [0, 0.1) is 6.92 Å². The van der Waals surface area contributed by atoms with Crippen molar-refractivity contribution in [2.75, 3.05) is 11.3 Å². The van der Waals surface area contributed by atoms with Crippen molar-refractivity contribution in [1.82, 2.24) is 14.9 Å². The first-order valence-corrected chi connectivity index (χ1v) is 7.61. The monoisotopic (exact) mass is 352 g/mol. The SMILES string of the molecule is Cc1nnc(NN=Cc2c3ccccc3cc3ccccc23)n1N.Cl. The van der Waals surface area contributed by atoms with Gasteiger partial charge >= 0.3 is 0 Å². The Labute approximate surface area is 150 Å². The minimum Gasteiger partial charge on any atom is -0.335 e.